The minimum Gasteiger partial charge on any atom is -0.481 e. The lowest BCUT2D eigenvalue weighted by atomic mass is 9.74. The highest BCUT2D eigenvalue weighted by atomic mass is 19.4. The van der Waals surface area contributed by atoms with Gasteiger partial charge in [-0.05, 0) is 37.1 Å². The molecule has 0 spiro atoms. The maximum absolute atomic E-state index is 12.4. The first-order valence-corrected chi connectivity index (χ1v) is 8.40. The topological polar surface area (TPSA) is 99.1 Å². The van der Waals surface area contributed by atoms with Gasteiger partial charge in [-0.3, -0.25) is 4.79 Å². The minimum atomic E-state index is -4.81. The highest BCUT2D eigenvalue weighted by Crippen LogP contribution is 2.36. The fraction of sp³-hybridized carbons (Fsp3) is 0.529. The lowest BCUT2D eigenvalue weighted by molar-refractivity contribution is -0.274. The third kappa shape index (κ3) is 5.03. The molecule has 0 radical (unpaired) electrons. The van der Waals surface area contributed by atoms with Crippen LogP contribution in [0.3, 0.4) is 0 Å². The van der Waals surface area contributed by atoms with Crippen molar-refractivity contribution >= 4 is 17.7 Å². The molecule has 27 heavy (non-hydrogen) atoms. The largest absolute Gasteiger partial charge is 0.573 e. The van der Waals surface area contributed by atoms with E-state index >= 15 is 0 Å². The van der Waals surface area contributed by atoms with Crippen LogP contribution in [0.15, 0.2) is 24.3 Å². The van der Waals surface area contributed by atoms with Gasteiger partial charge in [-0.2, -0.15) is 0 Å². The summed E-state index contributed by atoms with van der Waals surface area (Å²) in [5.41, 5.74) is -1.20. The Morgan fingerprint density at radius 2 is 1.96 bits per heavy atom. The van der Waals surface area contributed by atoms with Gasteiger partial charge in [-0.25, -0.2) is 4.79 Å². The molecule has 1 aliphatic rings. The molecule has 1 aromatic rings. The van der Waals surface area contributed by atoms with Gasteiger partial charge in [0.2, 0.25) is 0 Å². The van der Waals surface area contributed by atoms with Crippen molar-refractivity contribution in [3.05, 3.63) is 24.3 Å². The van der Waals surface area contributed by atoms with Crippen molar-refractivity contribution in [2.24, 2.45) is 5.41 Å². The number of carbonyl (C=O) groups excluding carboxylic acids is 1. The van der Waals surface area contributed by atoms with Crippen molar-refractivity contribution in [2.75, 3.05) is 18.4 Å². The van der Waals surface area contributed by atoms with Crippen LogP contribution < -0.4 is 10.1 Å². The van der Waals surface area contributed by atoms with Gasteiger partial charge in [-0.1, -0.05) is 13.3 Å². The Labute approximate surface area is 153 Å². The number of halogens is 3. The summed E-state index contributed by atoms with van der Waals surface area (Å²) in [6, 6.07) is 4.01. The quantitative estimate of drug-likeness (QED) is 0.718. The van der Waals surface area contributed by atoms with Crippen LogP contribution in [-0.4, -0.2) is 52.7 Å². The number of nitrogens with zero attached hydrogens (tertiary/aromatic N) is 1. The van der Waals surface area contributed by atoms with E-state index in [0.717, 1.165) is 12.1 Å². The molecule has 2 rings (SSSR count). The number of amides is 2. The lowest BCUT2D eigenvalue weighted by Crippen LogP contribution is -2.57. The van der Waals surface area contributed by atoms with Crippen LogP contribution in [0.1, 0.15) is 26.2 Å². The first-order valence-electron chi connectivity index (χ1n) is 8.40. The normalized spacial score (nSPS) is 23.0. The molecule has 1 aliphatic heterocycles. The minimum absolute atomic E-state index is 0.123. The molecule has 2 amide bonds. The van der Waals surface area contributed by atoms with E-state index in [9.17, 15) is 33.0 Å². The van der Waals surface area contributed by atoms with E-state index in [1.807, 2.05) is 0 Å². The smallest absolute Gasteiger partial charge is 0.481 e. The number of urea groups is 1. The Bertz CT molecular complexity index is 680. The van der Waals surface area contributed by atoms with Gasteiger partial charge >= 0.3 is 18.4 Å². The predicted molar refractivity (Wildman–Crippen MR) is 89.3 cm³/mol. The second-order valence-electron chi connectivity index (χ2n) is 6.44. The molecule has 7 nitrogen and oxygen atoms in total. The number of likely N-dealkylation sites (tertiary alicyclic amines) is 1. The molecule has 2 atom stereocenters. The number of nitrogens with one attached hydrogen (secondary N) is 1. The van der Waals surface area contributed by atoms with Crippen LogP contribution in [0.2, 0.25) is 0 Å². The van der Waals surface area contributed by atoms with E-state index < -0.39 is 35.6 Å². The maximum atomic E-state index is 12.4. The highest BCUT2D eigenvalue weighted by molar-refractivity contribution is 5.90. The number of alkyl halides is 3. The zero-order chi connectivity index (χ0) is 20.2. The third-order valence-corrected chi connectivity index (χ3v) is 4.53. The highest BCUT2D eigenvalue weighted by Gasteiger charge is 2.49. The number of benzene rings is 1. The van der Waals surface area contributed by atoms with E-state index in [4.69, 9.17) is 0 Å². The number of hydrogen-bond donors (Lipinski definition) is 3. The molecule has 0 aromatic heterocycles. The molecule has 3 N–H and O–H groups in total. The molecular formula is C17H21F3N2O5. The second-order valence-corrected chi connectivity index (χ2v) is 6.44. The number of carboxylic acid groups (broad SMARTS) is 1. The fourth-order valence-electron chi connectivity index (χ4n) is 3.20. The van der Waals surface area contributed by atoms with Crippen LogP contribution >= 0.6 is 0 Å². The standard InChI is InChI=1S/C17H21F3N2O5/c1-2-8-16(14(24)25)10-22(9-7-13(16)23)15(26)21-11-3-5-12(6-4-11)27-17(18,19)20/h3-6,13,23H,2,7-10H2,1H3,(H,21,26)(H,24,25)/t13-,16-/m1/s1. The number of aliphatic carboxylic acids is 1. The molecule has 0 unspecified atom stereocenters. The predicted octanol–water partition coefficient (Wildman–Crippen LogP) is 3.05. The van der Waals surface area contributed by atoms with E-state index in [0.29, 0.717) is 6.42 Å². The van der Waals surface area contributed by atoms with Gasteiger partial charge < -0.3 is 25.2 Å². The Morgan fingerprint density at radius 3 is 2.48 bits per heavy atom. The summed E-state index contributed by atoms with van der Waals surface area (Å²) in [7, 11) is 0. The van der Waals surface area contributed by atoms with Gasteiger partial charge in [0, 0.05) is 18.8 Å². The van der Waals surface area contributed by atoms with Crippen molar-refractivity contribution in [3.8, 4) is 5.75 Å². The van der Waals surface area contributed by atoms with Crippen molar-refractivity contribution in [2.45, 2.75) is 38.7 Å². The van der Waals surface area contributed by atoms with Gasteiger partial charge in [0.15, 0.2) is 0 Å². The van der Waals surface area contributed by atoms with E-state index in [1.54, 1.807) is 6.92 Å². The van der Waals surface area contributed by atoms with Crippen molar-refractivity contribution < 1.29 is 37.7 Å². The number of carboxylic acids is 1. The molecule has 1 aromatic carbocycles. The molecule has 150 valence electrons. The zero-order valence-corrected chi connectivity index (χ0v) is 14.6. The van der Waals surface area contributed by atoms with Crippen LogP contribution in [0.5, 0.6) is 5.75 Å². The molecule has 0 saturated carbocycles. The summed E-state index contributed by atoms with van der Waals surface area (Å²) in [5.74, 6) is -1.59. The number of hydrogen-bond acceptors (Lipinski definition) is 4. The molecule has 0 aliphatic carbocycles. The Morgan fingerprint density at radius 1 is 1.33 bits per heavy atom. The monoisotopic (exact) mass is 390 g/mol. The number of aliphatic hydroxyl groups excluding tert-OH is 1. The summed E-state index contributed by atoms with van der Waals surface area (Å²) >= 11 is 0. The van der Waals surface area contributed by atoms with Crippen LogP contribution in [0.4, 0.5) is 23.7 Å². The number of carbonyl (C=O) groups is 2. The number of rotatable bonds is 5. The summed E-state index contributed by atoms with van der Waals surface area (Å²) in [6.07, 6.45) is -4.99. The molecule has 1 heterocycles. The molecule has 1 saturated heterocycles. The van der Waals surface area contributed by atoms with Crippen molar-refractivity contribution in [3.63, 3.8) is 0 Å². The summed E-state index contributed by atoms with van der Waals surface area (Å²) in [6.45, 7) is 1.81. The lowest BCUT2D eigenvalue weighted by Gasteiger charge is -2.43. The number of anilines is 1. The average Bonchev–Trinajstić information content (AvgIpc) is 2.57. The molecule has 0 bridgehead atoms. The number of aliphatic hydroxyl groups is 1. The number of ether oxygens (including phenoxy) is 1. The Balaban J connectivity index is 2.06. The second kappa shape index (κ2) is 8.03. The Hall–Kier alpha value is -2.49. The summed E-state index contributed by atoms with van der Waals surface area (Å²) in [5, 5.41) is 22.3. The first kappa shape index (κ1) is 20.8. The van der Waals surface area contributed by atoms with Crippen LogP contribution in [0.25, 0.3) is 0 Å². The summed E-state index contributed by atoms with van der Waals surface area (Å²) in [4.78, 5) is 25.5. The van der Waals surface area contributed by atoms with Gasteiger partial charge in [0.25, 0.3) is 0 Å². The zero-order valence-electron chi connectivity index (χ0n) is 14.6. The third-order valence-electron chi connectivity index (χ3n) is 4.53. The van der Waals surface area contributed by atoms with Gasteiger partial charge in [0.05, 0.1) is 6.10 Å². The molecule has 10 heteroatoms. The number of piperidine rings is 1. The van der Waals surface area contributed by atoms with Crippen molar-refractivity contribution in [1.29, 1.82) is 0 Å². The molecular weight excluding hydrogens is 369 g/mol. The average molecular weight is 390 g/mol. The van der Waals surface area contributed by atoms with E-state index in [-0.39, 0.29) is 31.6 Å². The van der Waals surface area contributed by atoms with Crippen molar-refractivity contribution in [1.82, 2.24) is 4.90 Å². The Kier molecular flexibility index (Phi) is 6.19. The van der Waals surface area contributed by atoms with Crippen LogP contribution in [0, 0.1) is 5.41 Å². The maximum Gasteiger partial charge on any atom is 0.573 e. The van der Waals surface area contributed by atoms with Gasteiger partial charge in [-0.15, -0.1) is 13.2 Å². The summed E-state index contributed by atoms with van der Waals surface area (Å²) < 4.78 is 40.2. The SMILES string of the molecule is CCC[C@@]1(C(=O)O)CN(C(=O)Nc2ccc(OC(F)(F)F)cc2)CC[C@H]1O. The first-order chi connectivity index (χ1) is 12.6. The van der Waals surface area contributed by atoms with Crippen LogP contribution in [-0.2, 0) is 4.79 Å². The fourth-order valence-corrected chi connectivity index (χ4v) is 3.20. The van der Waals surface area contributed by atoms with Gasteiger partial charge in [0.1, 0.15) is 11.2 Å². The van der Waals surface area contributed by atoms with E-state index in [2.05, 4.69) is 10.1 Å². The molecule has 1 fully saturated rings. The van der Waals surface area contributed by atoms with E-state index in [1.165, 1.54) is 17.0 Å².